The van der Waals surface area contributed by atoms with E-state index in [-0.39, 0.29) is 0 Å². The molecule has 0 spiro atoms. The summed E-state index contributed by atoms with van der Waals surface area (Å²) >= 11 is -2.97. The number of benzene rings is 1. The first kappa shape index (κ1) is 12.8. The molecule has 1 rings (SSSR count). The molecule has 0 radical (unpaired) electrons. The van der Waals surface area contributed by atoms with Gasteiger partial charge in [-0.3, -0.25) is 0 Å². The van der Waals surface area contributed by atoms with Crippen molar-refractivity contribution in [2.45, 2.75) is 26.6 Å². The molecule has 0 atom stereocenters. The quantitative estimate of drug-likeness (QED) is 0.759. The van der Waals surface area contributed by atoms with Gasteiger partial charge in [0.2, 0.25) is 0 Å². The summed E-state index contributed by atoms with van der Waals surface area (Å²) in [7, 11) is -1.35. The Kier molecular flexibility index (Phi) is 4.04. The van der Waals surface area contributed by atoms with Crippen molar-refractivity contribution in [2.24, 2.45) is 0 Å². The summed E-state index contributed by atoms with van der Waals surface area (Å²) in [6, 6.07) is 6.01. The van der Waals surface area contributed by atoms with Gasteiger partial charge in [-0.25, -0.2) is 0 Å². The third-order valence-corrected chi connectivity index (χ3v) is 4.88. The molecule has 0 aliphatic heterocycles. The van der Waals surface area contributed by atoms with E-state index in [4.69, 9.17) is 3.32 Å². The molecule has 0 aromatic heterocycles. The van der Waals surface area contributed by atoms with E-state index in [1.165, 1.54) is 5.19 Å². The van der Waals surface area contributed by atoms with Crippen LogP contribution in [0.2, 0.25) is 19.6 Å². The van der Waals surface area contributed by atoms with Crippen molar-refractivity contribution in [1.82, 2.24) is 0 Å². The summed E-state index contributed by atoms with van der Waals surface area (Å²) in [6.07, 6.45) is 0. The standard InChI is InChI=1S/C10H16OSi.CH2.FH.Ti/c1-8-5-9(11)7-10(6-8)12(2,3)4;;;/h5-7,11H,1-4H3;1H2;1H;/q;;;+2/p-2. The van der Waals surface area contributed by atoms with Gasteiger partial charge >= 0.3 is 98.9 Å². The van der Waals surface area contributed by atoms with Gasteiger partial charge in [-0.15, -0.1) is 0 Å². The van der Waals surface area contributed by atoms with Gasteiger partial charge in [0.15, 0.2) is 0 Å². The molecule has 0 heterocycles. The maximum absolute atomic E-state index is 12.8. The van der Waals surface area contributed by atoms with Crippen molar-refractivity contribution >= 4 is 18.1 Å². The summed E-state index contributed by atoms with van der Waals surface area (Å²) in [5.74, 6) is 0.653. The molecule has 1 aromatic carbocycles. The Morgan fingerprint density at radius 3 is 2.33 bits per heavy atom. The number of aryl methyl sites for hydroxylation is 1. The van der Waals surface area contributed by atoms with Gasteiger partial charge in [-0.05, 0) is 0 Å². The van der Waals surface area contributed by atoms with E-state index in [0.29, 0.717) is 5.75 Å². The van der Waals surface area contributed by atoms with Crippen LogP contribution in [0.1, 0.15) is 5.56 Å². The molecule has 0 N–H and O–H groups in total. The SMILES string of the molecule is [CH2]=[Ti]([F])[O]c1cc(C)cc([Si](C)(C)C)c1. The fourth-order valence-electron chi connectivity index (χ4n) is 1.37. The van der Waals surface area contributed by atoms with Crippen LogP contribution < -0.4 is 8.51 Å². The van der Waals surface area contributed by atoms with Gasteiger partial charge in [-0.2, -0.15) is 0 Å². The second kappa shape index (κ2) is 4.73. The molecule has 0 fully saturated rings. The van der Waals surface area contributed by atoms with Crippen molar-refractivity contribution < 1.29 is 24.7 Å². The van der Waals surface area contributed by atoms with Crippen LogP contribution in [0, 0.1) is 6.92 Å². The first-order chi connectivity index (χ1) is 6.79. The Morgan fingerprint density at radius 2 is 1.87 bits per heavy atom. The van der Waals surface area contributed by atoms with Crippen LogP contribution in [0.25, 0.3) is 0 Å². The summed E-state index contributed by atoms with van der Waals surface area (Å²) in [5.41, 5.74) is 1.13. The Labute approximate surface area is 98.8 Å². The molecular weight excluding hydrogens is 243 g/mol. The van der Waals surface area contributed by atoms with Crippen LogP contribution in [-0.4, -0.2) is 12.9 Å². The molecule has 0 aliphatic rings. The minimum absolute atomic E-state index is 0.653. The number of halogens is 1. The van der Waals surface area contributed by atoms with Gasteiger partial charge in [0.25, 0.3) is 0 Å². The van der Waals surface area contributed by atoms with Crippen molar-refractivity contribution in [2.75, 3.05) is 0 Å². The van der Waals surface area contributed by atoms with Crippen molar-refractivity contribution in [1.29, 1.82) is 0 Å². The van der Waals surface area contributed by atoms with E-state index >= 15 is 0 Å². The van der Waals surface area contributed by atoms with Gasteiger partial charge in [0.1, 0.15) is 0 Å². The first-order valence-electron chi connectivity index (χ1n) is 4.93. The molecule has 0 aliphatic carbocycles. The predicted molar refractivity (Wildman–Crippen MR) is 63.0 cm³/mol. The summed E-state index contributed by atoms with van der Waals surface area (Å²) in [5, 5.41) is 1.30. The Balaban J connectivity index is 3.11. The topological polar surface area (TPSA) is 9.23 Å². The first-order valence-corrected chi connectivity index (χ1v) is 10.8. The molecule has 4 heteroatoms. The fraction of sp³-hybridized carbons (Fsp3) is 0.364. The van der Waals surface area contributed by atoms with Gasteiger partial charge in [-0.1, -0.05) is 0 Å². The van der Waals surface area contributed by atoms with Crippen LogP contribution in [0.3, 0.4) is 0 Å². The summed E-state index contributed by atoms with van der Waals surface area (Å²) in [4.78, 5) is 3.34. The molecule has 1 nitrogen and oxygen atoms in total. The molecule has 0 unspecified atom stereocenters. The molecule has 0 saturated heterocycles. The van der Waals surface area contributed by atoms with Crippen LogP contribution in [0.4, 0.5) is 3.09 Å². The zero-order valence-corrected chi connectivity index (χ0v) is 12.3. The molecule has 0 bridgehead atoms. The van der Waals surface area contributed by atoms with Gasteiger partial charge in [0, 0.05) is 0 Å². The molecule has 1 aromatic rings. The normalized spacial score (nSPS) is 11.3. The van der Waals surface area contributed by atoms with Crippen molar-refractivity contribution in [3.8, 4) is 5.75 Å². The summed E-state index contributed by atoms with van der Waals surface area (Å²) < 4.78 is 17.9. The number of hydrogen-bond donors (Lipinski definition) is 0. The number of rotatable bonds is 3. The van der Waals surface area contributed by atoms with Crippen LogP contribution in [0.5, 0.6) is 5.75 Å². The van der Waals surface area contributed by atoms with Crippen molar-refractivity contribution in [3.05, 3.63) is 23.8 Å². The average Bonchev–Trinajstić information content (AvgIpc) is 1.99. The second-order valence-electron chi connectivity index (χ2n) is 4.74. The minimum atomic E-state index is -2.97. The van der Waals surface area contributed by atoms with Crippen LogP contribution in [0.15, 0.2) is 18.2 Å². The molecule has 82 valence electrons. The van der Waals surface area contributed by atoms with Gasteiger partial charge in [0.05, 0.1) is 0 Å². The maximum atomic E-state index is 12.8. The van der Waals surface area contributed by atoms with E-state index in [1.54, 1.807) is 0 Å². The summed E-state index contributed by atoms with van der Waals surface area (Å²) in [6.45, 7) is 8.81. The van der Waals surface area contributed by atoms with E-state index in [2.05, 4.69) is 30.5 Å². The number of hydrogen-bond acceptors (Lipinski definition) is 1. The fourth-order valence-corrected chi connectivity index (χ4v) is 3.19. The van der Waals surface area contributed by atoms with E-state index < -0.39 is 26.4 Å². The van der Waals surface area contributed by atoms with Crippen molar-refractivity contribution in [3.63, 3.8) is 0 Å². The third kappa shape index (κ3) is 4.01. The second-order valence-corrected chi connectivity index (χ2v) is 11.2. The monoisotopic (exact) mass is 260 g/mol. The Bertz CT molecular complexity index is 385. The van der Waals surface area contributed by atoms with Gasteiger partial charge < -0.3 is 0 Å². The predicted octanol–water partition coefficient (Wildman–Crippen LogP) is 2.77. The van der Waals surface area contributed by atoms with E-state index in [9.17, 15) is 3.09 Å². The average molecular weight is 260 g/mol. The molecule has 0 amide bonds. The molecule has 0 saturated carbocycles. The van der Waals surface area contributed by atoms with E-state index in [1.807, 2.05) is 19.1 Å². The van der Waals surface area contributed by atoms with E-state index in [0.717, 1.165) is 5.56 Å². The Morgan fingerprint density at radius 1 is 1.27 bits per heavy atom. The Hall–Kier alpha value is -0.249. The van der Waals surface area contributed by atoms with Crippen LogP contribution in [-0.2, 0) is 18.3 Å². The third-order valence-electron chi connectivity index (χ3n) is 2.15. The molecular formula is C11H17FOSiTi. The zero-order chi connectivity index (χ0) is 11.6. The zero-order valence-electron chi connectivity index (χ0n) is 9.73. The molecule has 15 heavy (non-hydrogen) atoms. The van der Waals surface area contributed by atoms with Crippen LogP contribution >= 0.6 is 0 Å².